The van der Waals surface area contributed by atoms with Crippen molar-refractivity contribution in [2.75, 3.05) is 7.11 Å². The van der Waals surface area contributed by atoms with Gasteiger partial charge in [-0.3, -0.25) is 0 Å². The molecule has 0 bridgehead atoms. The summed E-state index contributed by atoms with van der Waals surface area (Å²) in [5, 5.41) is 0. The summed E-state index contributed by atoms with van der Waals surface area (Å²) in [6, 6.07) is 3.74. The standard InChI is InChI=1S/C7H6Br2OS/c1-10-4-2-5(8)7(11)6(9)3-4/h2-3,11H,1H3. The molecule has 1 aromatic rings. The molecule has 0 N–H and O–H groups in total. The van der Waals surface area contributed by atoms with E-state index in [0.29, 0.717) is 0 Å². The fourth-order valence-electron chi connectivity index (χ4n) is 0.660. The van der Waals surface area contributed by atoms with Gasteiger partial charge in [0.2, 0.25) is 0 Å². The molecular weight excluding hydrogens is 292 g/mol. The summed E-state index contributed by atoms with van der Waals surface area (Å²) in [6.07, 6.45) is 0. The molecule has 0 radical (unpaired) electrons. The Morgan fingerprint density at radius 1 is 1.27 bits per heavy atom. The Morgan fingerprint density at radius 3 is 2.09 bits per heavy atom. The summed E-state index contributed by atoms with van der Waals surface area (Å²) >= 11 is 11.0. The number of hydrogen-bond donors (Lipinski definition) is 1. The van der Waals surface area contributed by atoms with Crippen LogP contribution in [0.4, 0.5) is 0 Å². The third-order valence-corrected chi connectivity index (χ3v) is 3.57. The zero-order valence-corrected chi connectivity index (χ0v) is 9.83. The van der Waals surface area contributed by atoms with Gasteiger partial charge in [0, 0.05) is 13.8 Å². The molecule has 60 valence electrons. The van der Waals surface area contributed by atoms with E-state index in [1.165, 1.54) is 0 Å². The average molecular weight is 298 g/mol. The maximum Gasteiger partial charge on any atom is 0.121 e. The first-order valence-electron chi connectivity index (χ1n) is 2.87. The van der Waals surface area contributed by atoms with Gasteiger partial charge in [-0.2, -0.15) is 0 Å². The van der Waals surface area contributed by atoms with Gasteiger partial charge in [0.15, 0.2) is 0 Å². The summed E-state index contributed by atoms with van der Waals surface area (Å²) in [5.74, 6) is 0.807. The van der Waals surface area contributed by atoms with Crippen molar-refractivity contribution in [3.05, 3.63) is 21.1 Å². The van der Waals surface area contributed by atoms with E-state index < -0.39 is 0 Å². The lowest BCUT2D eigenvalue weighted by molar-refractivity contribution is 0.414. The lowest BCUT2D eigenvalue weighted by Gasteiger charge is -2.04. The number of hydrogen-bond acceptors (Lipinski definition) is 2. The van der Waals surface area contributed by atoms with Crippen LogP contribution in [0.1, 0.15) is 0 Å². The van der Waals surface area contributed by atoms with Crippen LogP contribution < -0.4 is 4.74 Å². The smallest absolute Gasteiger partial charge is 0.121 e. The van der Waals surface area contributed by atoms with Crippen LogP contribution in [0.15, 0.2) is 26.0 Å². The minimum atomic E-state index is 0.807. The molecular formula is C7H6Br2OS. The number of thiol groups is 1. The van der Waals surface area contributed by atoms with Gasteiger partial charge >= 0.3 is 0 Å². The first-order chi connectivity index (χ1) is 5.15. The van der Waals surface area contributed by atoms with Gasteiger partial charge < -0.3 is 4.74 Å². The minimum absolute atomic E-state index is 0.807. The normalized spacial score (nSPS) is 9.82. The van der Waals surface area contributed by atoms with Crippen LogP contribution in [-0.4, -0.2) is 7.11 Å². The van der Waals surface area contributed by atoms with Crippen LogP contribution in [0.25, 0.3) is 0 Å². The molecule has 0 saturated carbocycles. The van der Waals surface area contributed by atoms with Gasteiger partial charge in [-0.25, -0.2) is 0 Å². The first-order valence-corrected chi connectivity index (χ1v) is 4.90. The van der Waals surface area contributed by atoms with Crippen LogP contribution >= 0.6 is 44.5 Å². The molecule has 0 aliphatic heterocycles. The third-order valence-electron chi connectivity index (χ3n) is 1.23. The molecule has 0 aromatic heterocycles. The van der Waals surface area contributed by atoms with Gasteiger partial charge in [-0.05, 0) is 44.0 Å². The lowest BCUT2D eigenvalue weighted by Crippen LogP contribution is -1.83. The Balaban J connectivity index is 3.21. The van der Waals surface area contributed by atoms with Gasteiger partial charge in [0.1, 0.15) is 5.75 Å². The molecule has 0 amide bonds. The highest BCUT2D eigenvalue weighted by atomic mass is 79.9. The second kappa shape index (κ2) is 3.83. The Labute approximate surface area is 87.8 Å². The number of rotatable bonds is 1. The molecule has 0 saturated heterocycles. The number of methoxy groups -OCH3 is 1. The maximum atomic E-state index is 5.04. The summed E-state index contributed by atoms with van der Waals surface area (Å²) < 4.78 is 6.88. The molecule has 0 heterocycles. The highest BCUT2D eigenvalue weighted by molar-refractivity contribution is 9.11. The van der Waals surface area contributed by atoms with Crippen LogP contribution in [-0.2, 0) is 0 Å². The van der Waals surface area contributed by atoms with Crippen molar-refractivity contribution < 1.29 is 4.74 Å². The van der Waals surface area contributed by atoms with Crippen molar-refractivity contribution in [3.8, 4) is 5.75 Å². The summed E-state index contributed by atoms with van der Waals surface area (Å²) in [6.45, 7) is 0. The Hall–Kier alpha value is 0.330. The summed E-state index contributed by atoms with van der Waals surface area (Å²) in [5.41, 5.74) is 0. The second-order valence-electron chi connectivity index (χ2n) is 1.94. The lowest BCUT2D eigenvalue weighted by atomic mass is 10.3. The first kappa shape index (κ1) is 9.42. The molecule has 0 aliphatic rings. The predicted molar refractivity (Wildman–Crippen MR) is 55.6 cm³/mol. The molecule has 1 nitrogen and oxygen atoms in total. The number of benzene rings is 1. The second-order valence-corrected chi connectivity index (χ2v) is 4.10. The SMILES string of the molecule is COc1cc(Br)c(S)c(Br)c1. The minimum Gasteiger partial charge on any atom is -0.497 e. The number of ether oxygens (including phenoxy) is 1. The Kier molecular flexibility index (Phi) is 3.28. The van der Waals surface area contributed by atoms with Crippen molar-refractivity contribution in [1.29, 1.82) is 0 Å². The van der Waals surface area contributed by atoms with E-state index >= 15 is 0 Å². The summed E-state index contributed by atoms with van der Waals surface area (Å²) in [4.78, 5) is 0.880. The summed E-state index contributed by atoms with van der Waals surface area (Å²) in [7, 11) is 1.63. The molecule has 0 aliphatic carbocycles. The van der Waals surface area contributed by atoms with Crippen molar-refractivity contribution in [3.63, 3.8) is 0 Å². The quantitative estimate of drug-likeness (QED) is 0.781. The molecule has 11 heavy (non-hydrogen) atoms. The number of halogens is 2. The van der Waals surface area contributed by atoms with E-state index in [9.17, 15) is 0 Å². The van der Waals surface area contributed by atoms with Crippen LogP contribution in [0.5, 0.6) is 5.75 Å². The molecule has 0 atom stereocenters. The van der Waals surface area contributed by atoms with E-state index in [1.54, 1.807) is 7.11 Å². The largest absolute Gasteiger partial charge is 0.497 e. The maximum absolute atomic E-state index is 5.04. The van der Waals surface area contributed by atoms with E-state index in [-0.39, 0.29) is 0 Å². The van der Waals surface area contributed by atoms with Crippen LogP contribution in [0, 0.1) is 0 Å². The molecule has 1 aromatic carbocycles. The third kappa shape index (κ3) is 2.13. The van der Waals surface area contributed by atoms with Crippen LogP contribution in [0.2, 0.25) is 0 Å². The van der Waals surface area contributed by atoms with E-state index in [0.717, 1.165) is 19.6 Å². The zero-order valence-electron chi connectivity index (χ0n) is 5.77. The average Bonchev–Trinajstić information content (AvgIpc) is 1.99. The molecule has 0 fully saturated rings. The molecule has 0 spiro atoms. The predicted octanol–water partition coefficient (Wildman–Crippen LogP) is 3.51. The van der Waals surface area contributed by atoms with E-state index in [4.69, 9.17) is 4.74 Å². The molecule has 4 heteroatoms. The molecule has 0 unspecified atom stereocenters. The fourth-order valence-corrected chi connectivity index (χ4v) is 1.93. The Bertz CT molecular complexity index is 252. The van der Waals surface area contributed by atoms with Crippen molar-refractivity contribution in [2.24, 2.45) is 0 Å². The van der Waals surface area contributed by atoms with Crippen molar-refractivity contribution >= 4 is 44.5 Å². The van der Waals surface area contributed by atoms with Gasteiger partial charge in [-0.1, -0.05) is 0 Å². The monoisotopic (exact) mass is 296 g/mol. The Morgan fingerprint density at radius 2 is 1.73 bits per heavy atom. The topological polar surface area (TPSA) is 9.23 Å². The van der Waals surface area contributed by atoms with Crippen molar-refractivity contribution in [1.82, 2.24) is 0 Å². The van der Waals surface area contributed by atoms with Gasteiger partial charge in [-0.15, -0.1) is 12.6 Å². The van der Waals surface area contributed by atoms with Gasteiger partial charge in [0.05, 0.1) is 7.11 Å². The van der Waals surface area contributed by atoms with Crippen molar-refractivity contribution in [2.45, 2.75) is 4.90 Å². The van der Waals surface area contributed by atoms with E-state index in [1.807, 2.05) is 12.1 Å². The van der Waals surface area contributed by atoms with Gasteiger partial charge in [0.25, 0.3) is 0 Å². The van der Waals surface area contributed by atoms with E-state index in [2.05, 4.69) is 44.5 Å². The highest BCUT2D eigenvalue weighted by Gasteiger charge is 2.02. The fraction of sp³-hybridized carbons (Fsp3) is 0.143. The zero-order chi connectivity index (χ0) is 8.43. The molecule has 1 rings (SSSR count). The highest BCUT2D eigenvalue weighted by Crippen LogP contribution is 2.32. The van der Waals surface area contributed by atoms with Crippen LogP contribution in [0.3, 0.4) is 0 Å².